The fraction of sp³-hybridized carbons (Fsp3) is 0.650. The molecule has 0 spiro atoms. The Morgan fingerprint density at radius 1 is 1.24 bits per heavy atom. The molecule has 4 heterocycles. The molecule has 3 aliphatic heterocycles. The molecule has 0 aromatic carbocycles. The Bertz CT molecular complexity index is 819. The molecule has 0 unspecified atom stereocenters. The fourth-order valence-corrected chi connectivity index (χ4v) is 4.22. The second kappa shape index (κ2) is 7.55. The van der Waals surface area contributed by atoms with E-state index in [0.29, 0.717) is 41.9 Å². The van der Waals surface area contributed by atoms with Gasteiger partial charge in [0.1, 0.15) is 34.5 Å². The van der Waals surface area contributed by atoms with E-state index in [4.69, 9.17) is 21.1 Å². The molecule has 0 aliphatic carbocycles. The highest BCUT2D eigenvalue weighted by Crippen LogP contribution is 2.36. The van der Waals surface area contributed by atoms with Crippen LogP contribution >= 0.6 is 11.6 Å². The molecule has 1 atom stereocenters. The smallest absolute Gasteiger partial charge is 0.410 e. The standard InChI is InChI=1S/C20H27ClN4O4/c1-20(2,3)29-19(27)24-8-9-25-13(11-24)12-28-14-10-15(21)22-17(16(14)18(25)26)23-6-4-5-7-23/h10,13H,4-9,11-12H2,1-3H3/t13-/m1/s1. The summed E-state index contributed by atoms with van der Waals surface area (Å²) >= 11 is 6.23. The molecule has 0 saturated carbocycles. The van der Waals surface area contributed by atoms with Crippen molar-refractivity contribution in [2.45, 2.75) is 45.3 Å². The number of nitrogens with zero attached hydrogens (tertiary/aromatic N) is 4. The number of rotatable bonds is 1. The maximum atomic E-state index is 13.5. The van der Waals surface area contributed by atoms with Gasteiger partial charge < -0.3 is 24.2 Å². The third-order valence-electron chi connectivity index (χ3n) is 5.38. The molecule has 0 bridgehead atoms. The zero-order valence-corrected chi connectivity index (χ0v) is 17.9. The molecule has 1 aromatic heterocycles. The van der Waals surface area contributed by atoms with E-state index in [0.717, 1.165) is 25.9 Å². The van der Waals surface area contributed by atoms with Gasteiger partial charge in [0, 0.05) is 38.8 Å². The number of piperazine rings is 1. The van der Waals surface area contributed by atoms with Gasteiger partial charge in [-0.1, -0.05) is 11.6 Å². The fourth-order valence-electron chi connectivity index (χ4n) is 4.04. The normalized spacial score (nSPS) is 22.0. The Kier molecular flexibility index (Phi) is 5.23. The number of aromatic nitrogens is 1. The number of carbonyl (C=O) groups excluding carboxylic acids is 2. The van der Waals surface area contributed by atoms with Crippen LogP contribution in [0.3, 0.4) is 0 Å². The Balaban J connectivity index is 1.59. The van der Waals surface area contributed by atoms with Gasteiger partial charge >= 0.3 is 6.09 Å². The van der Waals surface area contributed by atoms with Crippen molar-refractivity contribution >= 4 is 29.4 Å². The van der Waals surface area contributed by atoms with Crippen molar-refractivity contribution in [2.75, 3.05) is 44.2 Å². The lowest BCUT2D eigenvalue weighted by Crippen LogP contribution is -2.58. The van der Waals surface area contributed by atoms with Crippen molar-refractivity contribution in [3.05, 3.63) is 16.8 Å². The molecule has 0 N–H and O–H groups in total. The van der Waals surface area contributed by atoms with Crippen LogP contribution in [0.2, 0.25) is 5.15 Å². The van der Waals surface area contributed by atoms with Crippen LogP contribution in [0.15, 0.2) is 6.07 Å². The number of pyridine rings is 1. The highest BCUT2D eigenvalue weighted by atomic mass is 35.5. The summed E-state index contributed by atoms with van der Waals surface area (Å²) in [5.41, 5.74) is -0.0858. The average Bonchev–Trinajstić information content (AvgIpc) is 3.14. The van der Waals surface area contributed by atoms with E-state index in [1.807, 2.05) is 20.8 Å². The van der Waals surface area contributed by atoms with E-state index in [1.54, 1.807) is 15.9 Å². The van der Waals surface area contributed by atoms with E-state index in [2.05, 4.69) is 9.88 Å². The van der Waals surface area contributed by atoms with Crippen LogP contribution in [-0.4, -0.2) is 77.8 Å². The van der Waals surface area contributed by atoms with E-state index < -0.39 is 5.60 Å². The van der Waals surface area contributed by atoms with Gasteiger partial charge in [-0.2, -0.15) is 0 Å². The molecule has 158 valence electrons. The van der Waals surface area contributed by atoms with E-state index >= 15 is 0 Å². The molecule has 8 nitrogen and oxygen atoms in total. The number of ether oxygens (including phenoxy) is 2. The van der Waals surface area contributed by atoms with Gasteiger partial charge in [0.15, 0.2) is 0 Å². The molecule has 4 rings (SSSR count). The monoisotopic (exact) mass is 422 g/mol. The molecule has 2 saturated heterocycles. The zero-order chi connectivity index (χ0) is 20.8. The van der Waals surface area contributed by atoms with Crippen LogP contribution in [0.5, 0.6) is 5.75 Å². The summed E-state index contributed by atoms with van der Waals surface area (Å²) in [7, 11) is 0. The second-order valence-corrected chi connectivity index (χ2v) is 9.11. The molecule has 1 aromatic rings. The van der Waals surface area contributed by atoms with Crippen molar-refractivity contribution < 1.29 is 19.1 Å². The first-order chi connectivity index (χ1) is 13.7. The van der Waals surface area contributed by atoms with Gasteiger partial charge in [0.2, 0.25) is 0 Å². The van der Waals surface area contributed by atoms with Crippen LogP contribution < -0.4 is 9.64 Å². The van der Waals surface area contributed by atoms with Gasteiger partial charge in [-0.3, -0.25) is 4.79 Å². The molecule has 0 radical (unpaired) electrons. The van der Waals surface area contributed by atoms with Crippen molar-refractivity contribution in [1.82, 2.24) is 14.8 Å². The Labute approximate surface area is 175 Å². The Morgan fingerprint density at radius 2 is 1.97 bits per heavy atom. The average molecular weight is 423 g/mol. The number of amides is 2. The third-order valence-corrected chi connectivity index (χ3v) is 5.57. The predicted octanol–water partition coefficient (Wildman–Crippen LogP) is 2.79. The molecule has 2 fully saturated rings. The summed E-state index contributed by atoms with van der Waals surface area (Å²) < 4.78 is 11.5. The third kappa shape index (κ3) is 4.08. The van der Waals surface area contributed by atoms with Crippen LogP contribution in [0, 0.1) is 0 Å². The van der Waals surface area contributed by atoms with E-state index in [-0.39, 0.29) is 24.6 Å². The maximum absolute atomic E-state index is 13.5. The number of anilines is 1. The van der Waals surface area contributed by atoms with Crippen molar-refractivity contribution in [1.29, 1.82) is 0 Å². The minimum Gasteiger partial charge on any atom is -0.490 e. The molecular weight excluding hydrogens is 396 g/mol. The lowest BCUT2D eigenvalue weighted by molar-refractivity contribution is 0.000955. The Morgan fingerprint density at radius 3 is 2.66 bits per heavy atom. The minimum absolute atomic E-state index is 0.114. The lowest BCUT2D eigenvalue weighted by Gasteiger charge is -2.40. The van der Waals surface area contributed by atoms with Crippen molar-refractivity contribution in [3.63, 3.8) is 0 Å². The van der Waals surface area contributed by atoms with Gasteiger partial charge in [0.05, 0.1) is 6.04 Å². The molecule has 9 heteroatoms. The first-order valence-corrected chi connectivity index (χ1v) is 10.5. The second-order valence-electron chi connectivity index (χ2n) is 8.73. The first-order valence-electron chi connectivity index (χ1n) is 10.1. The van der Waals surface area contributed by atoms with Crippen molar-refractivity contribution in [3.8, 4) is 5.75 Å². The summed E-state index contributed by atoms with van der Waals surface area (Å²) in [5, 5.41) is 0.314. The topological polar surface area (TPSA) is 75.2 Å². The number of fused-ring (bicyclic) bond motifs is 2. The van der Waals surface area contributed by atoms with Gasteiger partial charge in [-0.15, -0.1) is 0 Å². The quantitative estimate of drug-likeness (QED) is 0.648. The molecule has 29 heavy (non-hydrogen) atoms. The largest absolute Gasteiger partial charge is 0.490 e. The Hall–Kier alpha value is -2.22. The van der Waals surface area contributed by atoms with Crippen LogP contribution in [-0.2, 0) is 4.74 Å². The predicted molar refractivity (Wildman–Crippen MR) is 109 cm³/mol. The van der Waals surface area contributed by atoms with Crippen LogP contribution in [0.1, 0.15) is 44.0 Å². The van der Waals surface area contributed by atoms with Crippen LogP contribution in [0.25, 0.3) is 0 Å². The first kappa shape index (κ1) is 20.1. The summed E-state index contributed by atoms with van der Waals surface area (Å²) in [6, 6.07) is 1.36. The highest BCUT2D eigenvalue weighted by molar-refractivity contribution is 6.30. The van der Waals surface area contributed by atoms with Crippen molar-refractivity contribution in [2.24, 2.45) is 0 Å². The van der Waals surface area contributed by atoms with Crippen LogP contribution in [0.4, 0.5) is 10.6 Å². The number of carbonyl (C=O) groups is 2. The summed E-state index contributed by atoms with van der Waals surface area (Å²) in [4.78, 5) is 35.9. The summed E-state index contributed by atoms with van der Waals surface area (Å²) in [6.07, 6.45) is 1.76. The molecular formula is C20H27ClN4O4. The van der Waals surface area contributed by atoms with Gasteiger partial charge in [-0.05, 0) is 33.6 Å². The van der Waals surface area contributed by atoms with Gasteiger partial charge in [0.25, 0.3) is 5.91 Å². The summed E-state index contributed by atoms with van der Waals surface area (Å²) in [5.74, 6) is 0.956. The number of halogens is 1. The lowest BCUT2D eigenvalue weighted by atomic mass is 10.1. The van der Waals surface area contributed by atoms with E-state index in [9.17, 15) is 9.59 Å². The van der Waals surface area contributed by atoms with Gasteiger partial charge in [-0.25, -0.2) is 9.78 Å². The number of hydrogen-bond donors (Lipinski definition) is 0. The molecule has 2 amide bonds. The molecule has 3 aliphatic rings. The maximum Gasteiger partial charge on any atom is 0.410 e. The zero-order valence-electron chi connectivity index (χ0n) is 17.1. The summed E-state index contributed by atoms with van der Waals surface area (Å²) in [6.45, 7) is 8.73. The minimum atomic E-state index is -0.562. The SMILES string of the molecule is CC(C)(C)OC(=O)N1CCN2C(=O)c3c(cc(Cl)nc3N3CCCC3)OC[C@H]2C1. The highest BCUT2D eigenvalue weighted by Gasteiger charge is 2.40. The number of hydrogen-bond acceptors (Lipinski definition) is 6. The van der Waals surface area contributed by atoms with E-state index in [1.165, 1.54) is 0 Å².